The van der Waals surface area contributed by atoms with Crippen molar-refractivity contribution in [2.24, 2.45) is 0 Å². The highest BCUT2D eigenvalue weighted by atomic mass is 15.4. The molecule has 0 aliphatic heterocycles. The van der Waals surface area contributed by atoms with Gasteiger partial charge in [0.05, 0.1) is 5.69 Å². The summed E-state index contributed by atoms with van der Waals surface area (Å²) in [4.78, 5) is 0. The van der Waals surface area contributed by atoms with Crippen LogP contribution in [0.15, 0.2) is 6.20 Å². The zero-order chi connectivity index (χ0) is 11.6. The van der Waals surface area contributed by atoms with Crippen LogP contribution in [-0.2, 0) is 13.1 Å². The lowest BCUT2D eigenvalue weighted by Crippen LogP contribution is -2.13. The van der Waals surface area contributed by atoms with Gasteiger partial charge in [-0.3, -0.25) is 4.68 Å². The Morgan fingerprint density at radius 2 is 2.06 bits per heavy atom. The number of hydrogen-bond donors (Lipinski definition) is 1. The summed E-state index contributed by atoms with van der Waals surface area (Å²) in [6, 6.07) is 0. The molecule has 0 amide bonds. The number of rotatable bonds is 9. The maximum atomic E-state index is 4.14. The Hall–Kier alpha value is -0.900. The zero-order valence-electron chi connectivity index (χ0n) is 10.6. The molecule has 0 saturated heterocycles. The third-order valence-electron chi connectivity index (χ3n) is 2.56. The molecule has 1 heterocycles. The number of aryl methyl sites for hydroxylation is 1. The van der Waals surface area contributed by atoms with Crippen LogP contribution >= 0.6 is 0 Å². The van der Waals surface area contributed by atoms with Gasteiger partial charge in [0.1, 0.15) is 0 Å². The van der Waals surface area contributed by atoms with E-state index in [1.165, 1.54) is 25.7 Å². The van der Waals surface area contributed by atoms with E-state index in [-0.39, 0.29) is 0 Å². The first-order valence-corrected chi connectivity index (χ1v) is 6.46. The predicted molar refractivity (Wildman–Crippen MR) is 66.2 cm³/mol. The molecule has 4 heteroatoms. The van der Waals surface area contributed by atoms with Gasteiger partial charge in [0.2, 0.25) is 0 Å². The number of nitrogens with one attached hydrogen (secondary N) is 1. The van der Waals surface area contributed by atoms with Crippen LogP contribution in [-0.4, -0.2) is 21.5 Å². The third kappa shape index (κ3) is 5.26. The van der Waals surface area contributed by atoms with Crippen LogP contribution in [0.2, 0.25) is 0 Å². The van der Waals surface area contributed by atoms with E-state index in [1.807, 2.05) is 4.68 Å². The minimum absolute atomic E-state index is 0.836. The summed E-state index contributed by atoms with van der Waals surface area (Å²) >= 11 is 0. The molecular formula is C12H24N4. The summed E-state index contributed by atoms with van der Waals surface area (Å²) in [5.74, 6) is 0. The molecule has 0 unspecified atom stereocenters. The Morgan fingerprint density at radius 1 is 1.19 bits per heavy atom. The van der Waals surface area contributed by atoms with Gasteiger partial charge in [-0.05, 0) is 19.4 Å². The molecule has 0 aliphatic carbocycles. The molecule has 0 aliphatic rings. The smallest absolute Gasteiger partial charge is 0.0964 e. The molecule has 1 aromatic rings. The topological polar surface area (TPSA) is 42.7 Å². The van der Waals surface area contributed by atoms with Gasteiger partial charge in [-0.2, -0.15) is 0 Å². The van der Waals surface area contributed by atoms with Crippen LogP contribution in [0.4, 0.5) is 0 Å². The normalized spacial score (nSPS) is 10.9. The van der Waals surface area contributed by atoms with Crippen LogP contribution in [0.3, 0.4) is 0 Å². The molecule has 92 valence electrons. The minimum Gasteiger partial charge on any atom is -0.311 e. The van der Waals surface area contributed by atoms with Crippen LogP contribution in [0.25, 0.3) is 0 Å². The van der Waals surface area contributed by atoms with Crippen molar-refractivity contribution in [3.8, 4) is 0 Å². The second kappa shape index (κ2) is 8.28. The Kier molecular flexibility index (Phi) is 6.81. The fourth-order valence-corrected chi connectivity index (χ4v) is 1.62. The molecule has 0 spiro atoms. The Bertz CT molecular complexity index is 270. The molecule has 1 N–H and O–H groups in total. The van der Waals surface area contributed by atoms with Gasteiger partial charge in [0.25, 0.3) is 0 Å². The number of aromatic nitrogens is 3. The summed E-state index contributed by atoms with van der Waals surface area (Å²) in [6.45, 7) is 7.28. The van der Waals surface area contributed by atoms with E-state index < -0.39 is 0 Å². The zero-order valence-corrected chi connectivity index (χ0v) is 10.6. The molecule has 0 atom stereocenters. The highest BCUT2D eigenvalue weighted by molar-refractivity contribution is 4.91. The van der Waals surface area contributed by atoms with Crippen molar-refractivity contribution >= 4 is 0 Å². The Labute approximate surface area is 98.4 Å². The SMILES string of the molecule is CCCCCCn1cc(CNCCC)nn1. The minimum atomic E-state index is 0.836. The van der Waals surface area contributed by atoms with Gasteiger partial charge in [-0.1, -0.05) is 38.3 Å². The highest BCUT2D eigenvalue weighted by Crippen LogP contribution is 2.01. The first-order chi connectivity index (χ1) is 7.86. The second-order valence-corrected chi connectivity index (χ2v) is 4.21. The van der Waals surface area contributed by atoms with Gasteiger partial charge in [-0.25, -0.2) is 0 Å². The monoisotopic (exact) mass is 224 g/mol. The third-order valence-corrected chi connectivity index (χ3v) is 2.56. The molecule has 0 saturated carbocycles. The second-order valence-electron chi connectivity index (χ2n) is 4.21. The van der Waals surface area contributed by atoms with Crippen molar-refractivity contribution in [1.82, 2.24) is 20.3 Å². The van der Waals surface area contributed by atoms with Crippen LogP contribution in [0, 0.1) is 0 Å². The molecule has 1 rings (SSSR count). The van der Waals surface area contributed by atoms with Gasteiger partial charge < -0.3 is 5.32 Å². The Balaban J connectivity index is 2.17. The summed E-state index contributed by atoms with van der Waals surface area (Å²) in [5.41, 5.74) is 1.05. The average Bonchev–Trinajstić information content (AvgIpc) is 2.73. The van der Waals surface area contributed by atoms with Crippen molar-refractivity contribution in [3.05, 3.63) is 11.9 Å². The number of unbranched alkanes of at least 4 members (excludes halogenated alkanes) is 3. The van der Waals surface area contributed by atoms with Gasteiger partial charge >= 0.3 is 0 Å². The average molecular weight is 224 g/mol. The van der Waals surface area contributed by atoms with Crippen molar-refractivity contribution in [1.29, 1.82) is 0 Å². The molecular weight excluding hydrogens is 200 g/mol. The summed E-state index contributed by atoms with van der Waals surface area (Å²) in [6.07, 6.45) is 8.31. The first kappa shape index (κ1) is 13.2. The largest absolute Gasteiger partial charge is 0.311 e. The van der Waals surface area contributed by atoms with Gasteiger partial charge in [0.15, 0.2) is 0 Å². The number of nitrogens with zero attached hydrogens (tertiary/aromatic N) is 3. The lowest BCUT2D eigenvalue weighted by Gasteiger charge is -1.99. The maximum Gasteiger partial charge on any atom is 0.0964 e. The molecule has 4 nitrogen and oxygen atoms in total. The summed E-state index contributed by atoms with van der Waals surface area (Å²) in [7, 11) is 0. The Morgan fingerprint density at radius 3 is 2.81 bits per heavy atom. The quantitative estimate of drug-likeness (QED) is 0.655. The van der Waals surface area contributed by atoms with Crippen molar-refractivity contribution in [3.63, 3.8) is 0 Å². The summed E-state index contributed by atoms with van der Waals surface area (Å²) < 4.78 is 1.96. The first-order valence-electron chi connectivity index (χ1n) is 6.46. The van der Waals surface area contributed by atoms with Gasteiger partial charge in [0, 0.05) is 19.3 Å². The van der Waals surface area contributed by atoms with Gasteiger partial charge in [-0.15, -0.1) is 5.10 Å². The summed E-state index contributed by atoms with van der Waals surface area (Å²) in [5, 5.41) is 11.6. The molecule has 1 aromatic heterocycles. The van der Waals surface area contributed by atoms with E-state index in [0.717, 1.165) is 31.7 Å². The molecule has 0 aromatic carbocycles. The molecule has 0 fully saturated rings. The fraction of sp³-hybridized carbons (Fsp3) is 0.833. The highest BCUT2D eigenvalue weighted by Gasteiger charge is 1.99. The lowest BCUT2D eigenvalue weighted by molar-refractivity contribution is 0.527. The standard InChI is InChI=1S/C12H24N4/c1-3-5-6-7-9-16-11-12(14-15-16)10-13-8-4-2/h11,13H,3-10H2,1-2H3. The van der Waals surface area contributed by atoms with Crippen molar-refractivity contribution < 1.29 is 0 Å². The molecule has 0 bridgehead atoms. The predicted octanol–water partition coefficient (Wildman–Crippen LogP) is 2.36. The van der Waals surface area contributed by atoms with E-state index in [4.69, 9.17) is 0 Å². The van der Waals surface area contributed by atoms with Crippen LogP contribution in [0.5, 0.6) is 0 Å². The fourth-order valence-electron chi connectivity index (χ4n) is 1.62. The molecule has 0 radical (unpaired) electrons. The maximum absolute atomic E-state index is 4.14. The van der Waals surface area contributed by atoms with E-state index in [2.05, 4.69) is 35.7 Å². The van der Waals surface area contributed by atoms with Crippen molar-refractivity contribution in [2.45, 2.75) is 59.0 Å². The molecule has 16 heavy (non-hydrogen) atoms. The van der Waals surface area contributed by atoms with Crippen LogP contribution < -0.4 is 5.32 Å². The van der Waals surface area contributed by atoms with E-state index in [0.29, 0.717) is 0 Å². The van der Waals surface area contributed by atoms with Crippen LogP contribution in [0.1, 0.15) is 51.6 Å². The van der Waals surface area contributed by atoms with E-state index in [9.17, 15) is 0 Å². The van der Waals surface area contributed by atoms with E-state index in [1.54, 1.807) is 0 Å². The number of hydrogen-bond acceptors (Lipinski definition) is 3. The lowest BCUT2D eigenvalue weighted by atomic mass is 10.2. The van der Waals surface area contributed by atoms with E-state index >= 15 is 0 Å². The van der Waals surface area contributed by atoms with Crippen molar-refractivity contribution in [2.75, 3.05) is 6.54 Å².